The Hall–Kier alpha value is -0.770. The highest BCUT2D eigenvalue weighted by atomic mass is 35.5. The minimum absolute atomic E-state index is 0. The van der Waals surface area contributed by atoms with E-state index in [-0.39, 0.29) is 12.4 Å². The molecule has 5 heteroatoms. The largest absolute Gasteiger partial charge is 0.503 e. The molecule has 0 aromatic rings. The second-order valence-electron chi connectivity index (χ2n) is 0.726. The van der Waals surface area contributed by atoms with Crippen molar-refractivity contribution in [2.75, 3.05) is 6.67 Å². The highest BCUT2D eigenvalue weighted by molar-refractivity contribution is 5.85. The van der Waals surface area contributed by atoms with Crippen molar-refractivity contribution in [3.63, 3.8) is 0 Å². The summed E-state index contributed by atoms with van der Waals surface area (Å²) in [6, 6.07) is 0. The SMILES string of the molecule is C=CCF.Cl.O=C(O)O. The fourth-order valence-corrected chi connectivity index (χ4v) is 0. The van der Waals surface area contributed by atoms with E-state index in [1.54, 1.807) is 0 Å². The van der Waals surface area contributed by atoms with Gasteiger partial charge in [-0.15, -0.1) is 19.0 Å². The summed E-state index contributed by atoms with van der Waals surface area (Å²) in [6.45, 7) is 2.69. The van der Waals surface area contributed by atoms with E-state index < -0.39 is 12.8 Å². The maximum atomic E-state index is 10.6. The predicted molar refractivity (Wildman–Crippen MR) is 34.1 cm³/mol. The number of carbonyl (C=O) groups is 1. The highest BCUT2D eigenvalue weighted by Gasteiger charge is 1.70. The van der Waals surface area contributed by atoms with E-state index in [0.717, 1.165) is 0 Å². The van der Waals surface area contributed by atoms with E-state index in [9.17, 15) is 4.39 Å². The first-order chi connectivity index (χ1) is 3.65. The molecule has 0 fully saturated rings. The van der Waals surface area contributed by atoms with Crippen LogP contribution in [-0.2, 0) is 0 Å². The number of carboxylic acid groups (broad SMARTS) is 2. The number of rotatable bonds is 1. The number of halogens is 2. The lowest BCUT2D eigenvalue weighted by molar-refractivity contribution is 0.137. The van der Waals surface area contributed by atoms with Crippen molar-refractivity contribution >= 4 is 18.6 Å². The first-order valence-corrected chi connectivity index (χ1v) is 1.74. The fourth-order valence-electron chi connectivity index (χ4n) is 0. The van der Waals surface area contributed by atoms with Crippen molar-refractivity contribution in [1.29, 1.82) is 0 Å². The molecule has 0 spiro atoms. The van der Waals surface area contributed by atoms with Crippen molar-refractivity contribution < 1.29 is 19.4 Å². The van der Waals surface area contributed by atoms with Crippen LogP contribution < -0.4 is 0 Å². The van der Waals surface area contributed by atoms with Crippen molar-refractivity contribution in [2.24, 2.45) is 0 Å². The minimum Gasteiger partial charge on any atom is -0.450 e. The van der Waals surface area contributed by atoms with Crippen LogP contribution in [-0.4, -0.2) is 23.0 Å². The van der Waals surface area contributed by atoms with Crippen molar-refractivity contribution in [3.05, 3.63) is 12.7 Å². The molecule has 0 saturated heterocycles. The molecule has 56 valence electrons. The van der Waals surface area contributed by atoms with E-state index in [0.29, 0.717) is 0 Å². The molecule has 0 aromatic carbocycles. The number of hydrogen-bond donors (Lipinski definition) is 2. The zero-order valence-corrected chi connectivity index (χ0v) is 5.40. The Balaban J connectivity index is -0.0000000720. The summed E-state index contributed by atoms with van der Waals surface area (Å²) in [4.78, 5) is 8.56. The Kier molecular flexibility index (Phi) is 27.4. The van der Waals surface area contributed by atoms with Gasteiger partial charge < -0.3 is 10.2 Å². The van der Waals surface area contributed by atoms with Gasteiger partial charge in [-0.2, -0.15) is 0 Å². The summed E-state index contributed by atoms with van der Waals surface area (Å²) < 4.78 is 10.6. The minimum atomic E-state index is -1.83. The number of alkyl halides is 1. The van der Waals surface area contributed by atoms with Crippen LogP contribution >= 0.6 is 12.4 Å². The summed E-state index contributed by atoms with van der Waals surface area (Å²) in [7, 11) is 0. The van der Waals surface area contributed by atoms with E-state index in [1.165, 1.54) is 6.08 Å². The molecule has 0 rings (SSSR count). The summed E-state index contributed by atoms with van der Waals surface area (Å²) in [5.74, 6) is 0. The van der Waals surface area contributed by atoms with E-state index in [1.807, 2.05) is 0 Å². The normalized spacial score (nSPS) is 5.44. The molecular formula is C4H8ClFO3. The summed E-state index contributed by atoms with van der Waals surface area (Å²) >= 11 is 0. The fraction of sp³-hybridized carbons (Fsp3) is 0.250. The Morgan fingerprint density at radius 3 is 1.78 bits per heavy atom. The summed E-state index contributed by atoms with van der Waals surface area (Å²) in [5.41, 5.74) is 0. The van der Waals surface area contributed by atoms with Crippen LogP contribution in [0, 0.1) is 0 Å². The Morgan fingerprint density at radius 2 is 1.78 bits per heavy atom. The van der Waals surface area contributed by atoms with Gasteiger partial charge in [0.05, 0.1) is 0 Å². The third-order valence-electron chi connectivity index (χ3n) is 0.109. The maximum absolute atomic E-state index is 10.6. The average Bonchev–Trinajstić information content (AvgIpc) is 1.65. The molecule has 0 aromatic heterocycles. The van der Waals surface area contributed by atoms with Gasteiger partial charge in [0.1, 0.15) is 6.67 Å². The van der Waals surface area contributed by atoms with Crippen molar-refractivity contribution in [1.82, 2.24) is 0 Å². The smallest absolute Gasteiger partial charge is 0.450 e. The molecule has 9 heavy (non-hydrogen) atoms. The van der Waals surface area contributed by atoms with Gasteiger partial charge in [0.2, 0.25) is 0 Å². The molecule has 3 nitrogen and oxygen atoms in total. The zero-order valence-electron chi connectivity index (χ0n) is 4.58. The number of allylic oxidation sites excluding steroid dienone is 1. The van der Waals surface area contributed by atoms with Crippen LogP contribution in [0.25, 0.3) is 0 Å². The van der Waals surface area contributed by atoms with Crippen molar-refractivity contribution in [2.45, 2.75) is 0 Å². The molecule has 0 atom stereocenters. The molecule has 0 unspecified atom stereocenters. The third kappa shape index (κ3) is 3740. The summed E-state index contributed by atoms with van der Waals surface area (Å²) in [5, 5.41) is 13.9. The molecular weight excluding hydrogens is 150 g/mol. The Morgan fingerprint density at radius 1 is 1.67 bits per heavy atom. The standard InChI is InChI=1S/C3H5F.CH2O3.ClH/c1-2-3-4;2-1(3)4;/h2H,1,3H2;(H2,2,3,4);1H. The van der Waals surface area contributed by atoms with E-state index in [4.69, 9.17) is 15.0 Å². The topological polar surface area (TPSA) is 57.5 Å². The molecule has 0 saturated carbocycles. The van der Waals surface area contributed by atoms with Gasteiger partial charge in [0.25, 0.3) is 0 Å². The summed E-state index contributed by atoms with van der Waals surface area (Å²) in [6.07, 6.45) is -0.625. The van der Waals surface area contributed by atoms with Crippen LogP contribution in [0.4, 0.5) is 9.18 Å². The average molecular weight is 159 g/mol. The third-order valence-corrected chi connectivity index (χ3v) is 0.109. The van der Waals surface area contributed by atoms with Gasteiger partial charge in [0, 0.05) is 0 Å². The van der Waals surface area contributed by atoms with Gasteiger partial charge in [-0.1, -0.05) is 6.08 Å². The molecule has 0 aliphatic carbocycles. The van der Waals surface area contributed by atoms with Crippen LogP contribution in [0.5, 0.6) is 0 Å². The molecule has 0 aliphatic heterocycles. The lowest BCUT2D eigenvalue weighted by Gasteiger charge is -1.60. The Labute approximate surface area is 58.2 Å². The maximum Gasteiger partial charge on any atom is 0.503 e. The highest BCUT2D eigenvalue weighted by Crippen LogP contribution is 1.58. The zero-order chi connectivity index (χ0) is 6.99. The lowest BCUT2D eigenvalue weighted by atomic mass is 10.7. The molecule has 0 radical (unpaired) electrons. The quantitative estimate of drug-likeness (QED) is 0.572. The van der Waals surface area contributed by atoms with Crippen LogP contribution in [0.1, 0.15) is 0 Å². The second-order valence-corrected chi connectivity index (χ2v) is 0.726. The first kappa shape index (κ1) is 15.7. The van der Waals surface area contributed by atoms with E-state index >= 15 is 0 Å². The van der Waals surface area contributed by atoms with Crippen LogP contribution in [0.2, 0.25) is 0 Å². The number of hydrogen-bond acceptors (Lipinski definition) is 1. The first-order valence-electron chi connectivity index (χ1n) is 1.74. The molecule has 0 bridgehead atoms. The molecule has 2 N–H and O–H groups in total. The van der Waals surface area contributed by atoms with Gasteiger partial charge in [-0.25, -0.2) is 9.18 Å². The monoisotopic (exact) mass is 158 g/mol. The second kappa shape index (κ2) is 15.7. The molecule has 0 aliphatic rings. The van der Waals surface area contributed by atoms with Gasteiger partial charge in [-0.3, -0.25) is 0 Å². The van der Waals surface area contributed by atoms with Crippen molar-refractivity contribution in [3.8, 4) is 0 Å². The van der Waals surface area contributed by atoms with Gasteiger partial charge in [-0.05, 0) is 0 Å². The van der Waals surface area contributed by atoms with Gasteiger partial charge >= 0.3 is 6.16 Å². The lowest BCUT2D eigenvalue weighted by Crippen LogP contribution is -1.81. The van der Waals surface area contributed by atoms with Crippen LogP contribution in [0.15, 0.2) is 12.7 Å². The predicted octanol–water partition coefficient (Wildman–Crippen LogP) is 1.79. The van der Waals surface area contributed by atoms with Gasteiger partial charge in [0.15, 0.2) is 0 Å². The van der Waals surface area contributed by atoms with E-state index in [2.05, 4.69) is 6.58 Å². The Bertz CT molecular complexity index is 72.2. The molecule has 0 heterocycles. The molecule has 0 amide bonds. The van der Waals surface area contributed by atoms with Crippen LogP contribution in [0.3, 0.4) is 0 Å².